The molecule has 2 rings (SSSR count). The molecule has 22 heavy (non-hydrogen) atoms. The van der Waals surface area contributed by atoms with E-state index >= 15 is 0 Å². The van der Waals surface area contributed by atoms with Gasteiger partial charge in [-0.3, -0.25) is 4.79 Å². The van der Waals surface area contributed by atoms with Crippen molar-refractivity contribution in [2.75, 3.05) is 20.8 Å². The summed E-state index contributed by atoms with van der Waals surface area (Å²) < 4.78 is 23.5. The largest absolute Gasteiger partial charge is 0.497 e. The van der Waals surface area contributed by atoms with Crippen molar-refractivity contribution in [3.05, 3.63) is 59.4 Å². The fourth-order valence-electron chi connectivity index (χ4n) is 2.06. The Morgan fingerprint density at radius 2 is 1.95 bits per heavy atom. The van der Waals surface area contributed by atoms with Crippen molar-refractivity contribution in [1.29, 1.82) is 0 Å². The maximum atomic E-state index is 13.6. The zero-order valence-corrected chi connectivity index (χ0v) is 12.6. The Hall–Kier alpha value is -2.56. The molecule has 0 saturated heterocycles. The molecule has 4 nitrogen and oxygen atoms in total. The summed E-state index contributed by atoms with van der Waals surface area (Å²) in [6.07, 6.45) is 0.668. The summed E-state index contributed by atoms with van der Waals surface area (Å²) in [4.78, 5) is 12.0. The van der Waals surface area contributed by atoms with Crippen LogP contribution in [0.1, 0.15) is 15.9 Å². The van der Waals surface area contributed by atoms with Crippen LogP contribution in [-0.2, 0) is 6.42 Å². The first-order valence-corrected chi connectivity index (χ1v) is 6.88. The van der Waals surface area contributed by atoms with Crippen molar-refractivity contribution in [2.45, 2.75) is 6.42 Å². The number of rotatable bonds is 6. The van der Waals surface area contributed by atoms with Crippen LogP contribution in [0.15, 0.2) is 42.5 Å². The maximum Gasteiger partial charge on any atom is 0.251 e. The van der Waals surface area contributed by atoms with Gasteiger partial charge < -0.3 is 14.8 Å². The van der Waals surface area contributed by atoms with Crippen LogP contribution in [0.2, 0.25) is 0 Å². The molecular weight excluding hydrogens is 285 g/mol. The third-order valence-corrected chi connectivity index (χ3v) is 3.25. The van der Waals surface area contributed by atoms with Crippen LogP contribution in [0.5, 0.6) is 11.5 Å². The molecule has 0 heterocycles. The van der Waals surface area contributed by atoms with E-state index in [2.05, 4.69) is 5.32 Å². The lowest BCUT2D eigenvalue weighted by molar-refractivity contribution is 0.0953. The standard InChI is InChI=1S/C17H18FNO3/c1-21-14-5-3-4-12(10-14)8-9-19-17(20)13-6-7-16(22-2)15(18)11-13/h3-7,10-11H,8-9H2,1-2H3,(H,19,20). The van der Waals surface area contributed by atoms with Gasteiger partial charge in [-0.05, 0) is 42.3 Å². The number of hydrogen-bond donors (Lipinski definition) is 1. The van der Waals surface area contributed by atoms with Gasteiger partial charge in [0, 0.05) is 12.1 Å². The van der Waals surface area contributed by atoms with Gasteiger partial charge in [0.25, 0.3) is 5.91 Å². The molecule has 5 heteroatoms. The van der Waals surface area contributed by atoms with Gasteiger partial charge >= 0.3 is 0 Å². The van der Waals surface area contributed by atoms with E-state index in [0.29, 0.717) is 13.0 Å². The molecule has 116 valence electrons. The van der Waals surface area contributed by atoms with Crippen molar-refractivity contribution in [3.63, 3.8) is 0 Å². The van der Waals surface area contributed by atoms with Crippen LogP contribution in [0, 0.1) is 5.82 Å². The van der Waals surface area contributed by atoms with Gasteiger partial charge in [0.15, 0.2) is 11.6 Å². The number of benzene rings is 2. The van der Waals surface area contributed by atoms with Crippen molar-refractivity contribution >= 4 is 5.91 Å². The molecule has 1 N–H and O–H groups in total. The number of ether oxygens (including phenoxy) is 2. The lowest BCUT2D eigenvalue weighted by Crippen LogP contribution is -2.25. The van der Waals surface area contributed by atoms with Gasteiger partial charge in [0.05, 0.1) is 14.2 Å². The number of carbonyl (C=O) groups is 1. The highest BCUT2D eigenvalue weighted by molar-refractivity contribution is 5.94. The third kappa shape index (κ3) is 3.97. The molecule has 0 bridgehead atoms. The molecule has 2 aromatic carbocycles. The fraction of sp³-hybridized carbons (Fsp3) is 0.235. The predicted octanol–water partition coefficient (Wildman–Crippen LogP) is 2.82. The lowest BCUT2D eigenvalue weighted by Gasteiger charge is -2.08. The molecule has 0 spiro atoms. The second-order valence-corrected chi connectivity index (χ2v) is 4.71. The molecule has 0 radical (unpaired) electrons. The zero-order valence-electron chi connectivity index (χ0n) is 12.6. The summed E-state index contributed by atoms with van der Waals surface area (Å²) in [5.41, 5.74) is 1.32. The highest BCUT2D eigenvalue weighted by Crippen LogP contribution is 2.17. The van der Waals surface area contributed by atoms with Crippen LogP contribution in [0.4, 0.5) is 4.39 Å². The third-order valence-electron chi connectivity index (χ3n) is 3.25. The molecule has 1 amide bonds. The Labute approximate surface area is 128 Å². The summed E-state index contributed by atoms with van der Waals surface area (Å²) in [7, 11) is 2.99. The van der Waals surface area contributed by atoms with Crippen LogP contribution in [-0.4, -0.2) is 26.7 Å². The Balaban J connectivity index is 1.91. The number of halogens is 1. The highest BCUT2D eigenvalue weighted by atomic mass is 19.1. The van der Waals surface area contributed by atoms with Gasteiger partial charge in [-0.1, -0.05) is 12.1 Å². The number of amides is 1. The van der Waals surface area contributed by atoms with Gasteiger partial charge in [0.2, 0.25) is 0 Å². The highest BCUT2D eigenvalue weighted by Gasteiger charge is 2.09. The summed E-state index contributed by atoms with van der Waals surface area (Å²) in [6, 6.07) is 11.8. The minimum atomic E-state index is -0.553. The summed E-state index contributed by atoms with van der Waals surface area (Å²) in [6.45, 7) is 0.458. The number of carbonyl (C=O) groups excluding carboxylic acids is 1. The first kappa shape index (κ1) is 15.8. The van der Waals surface area contributed by atoms with Crippen molar-refractivity contribution in [2.24, 2.45) is 0 Å². The van der Waals surface area contributed by atoms with E-state index in [4.69, 9.17) is 9.47 Å². The Bertz CT molecular complexity index is 658. The molecule has 2 aromatic rings. The first-order chi connectivity index (χ1) is 10.6. The smallest absolute Gasteiger partial charge is 0.251 e. The topological polar surface area (TPSA) is 47.6 Å². The minimum absolute atomic E-state index is 0.118. The van der Waals surface area contributed by atoms with Gasteiger partial charge in [-0.2, -0.15) is 0 Å². The molecule has 0 saturated carbocycles. The number of methoxy groups -OCH3 is 2. The average molecular weight is 303 g/mol. The van der Waals surface area contributed by atoms with E-state index in [1.807, 2.05) is 24.3 Å². The molecule has 0 atom stereocenters. The molecule has 0 aliphatic carbocycles. The summed E-state index contributed by atoms with van der Waals surface area (Å²) >= 11 is 0. The van der Waals surface area contributed by atoms with Crippen LogP contribution in [0.25, 0.3) is 0 Å². The van der Waals surface area contributed by atoms with E-state index in [-0.39, 0.29) is 17.2 Å². The van der Waals surface area contributed by atoms with Gasteiger partial charge in [0.1, 0.15) is 5.75 Å². The Morgan fingerprint density at radius 1 is 1.14 bits per heavy atom. The average Bonchev–Trinajstić information content (AvgIpc) is 2.54. The van der Waals surface area contributed by atoms with Crippen molar-refractivity contribution in [1.82, 2.24) is 5.32 Å². The Kier molecular flexibility index (Phi) is 5.36. The van der Waals surface area contributed by atoms with Crippen molar-refractivity contribution < 1.29 is 18.7 Å². The van der Waals surface area contributed by atoms with Crippen LogP contribution in [0.3, 0.4) is 0 Å². The SMILES string of the molecule is COc1cccc(CCNC(=O)c2ccc(OC)c(F)c2)c1. The van der Waals surface area contributed by atoms with Gasteiger partial charge in [-0.15, -0.1) is 0 Å². The van der Waals surface area contributed by atoms with E-state index in [1.54, 1.807) is 7.11 Å². The summed E-state index contributed by atoms with van der Waals surface area (Å²) in [5.74, 6) is 0.0291. The molecule has 0 unspecified atom stereocenters. The van der Waals surface area contributed by atoms with E-state index in [0.717, 1.165) is 11.3 Å². The van der Waals surface area contributed by atoms with Crippen LogP contribution < -0.4 is 14.8 Å². The van der Waals surface area contributed by atoms with Crippen LogP contribution >= 0.6 is 0 Å². The molecule has 0 fully saturated rings. The van der Waals surface area contributed by atoms with E-state index in [1.165, 1.54) is 25.3 Å². The molecule has 0 aliphatic rings. The molecule has 0 aliphatic heterocycles. The van der Waals surface area contributed by atoms with E-state index in [9.17, 15) is 9.18 Å². The normalized spacial score (nSPS) is 10.1. The van der Waals surface area contributed by atoms with E-state index < -0.39 is 5.82 Å². The zero-order chi connectivity index (χ0) is 15.9. The maximum absolute atomic E-state index is 13.6. The molecular formula is C17H18FNO3. The Morgan fingerprint density at radius 3 is 2.64 bits per heavy atom. The van der Waals surface area contributed by atoms with Crippen molar-refractivity contribution in [3.8, 4) is 11.5 Å². The quantitative estimate of drug-likeness (QED) is 0.892. The second kappa shape index (κ2) is 7.45. The fourth-order valence-corrected chi connectivity index (χ4v) is 2.06. The summed E-state index contributed by atoms with van der Waals surface area (Å²) in [5, 5.41) is 2.76. The monoisotopic (exact) mass is 303 g/mol. The molecule has 0 aromatic heterocycles. The second-order valence-electron chi connectivity index (χ2n) is 4.71. The first-order valence-electron chi connectivity index (χ1n) is 6.88. The number of nitrogens with one attached hydrogen (secondary N) is 1. The predicted molar refractivity (Wildman–Crippen MR) is 82.0 cm³/mol. The number of hydrogen-bond acceptors (Lipinski definition) is 3. The van der Waals surface area contributed by atoms with Gasteiger partial charge in [-0.25, -0.2) is 4.39 Å². The minimum Gasteiger partial charge on any atom is -0.497 e. The lowest BCUT2D eigenvalue weighted by atomic mass is 10.1.